The molecule has 2 heteroatoms. The van der Waals surface area contributed by atoms with Crippen molar-refractivity contribution < 1.29 is 9.53 Å². The first-order chi connectivity index (χ1) is 4.70. The van der Waals surface area contributed by atoms with Gasteiger partial charge in [0.25, 0.3) is 0 Å². The fraction of sp³-hybridized carbons (Fsp3) is 0.375. The minimum Gasteiger partial charge on any atom is -0.434 e. The molecule has 0 aliphatic rings. The molecule has 2 nitrogen and oxygen atoms in total. The summed E-state index contributed by atoms with van der Waals surface area (Å²) < 4.78 is 4.67. The number of hydrogen-bond donors (Lipinski definition) is 0. The van der Waals surface area contributed by atoms with Crippen molar-refractivity contribution in [3.63, 3.8) is 0 Å². The van der Waals surface area contributed by atoms with Gasteiger partial charge in [0, 0.05) is 6.42 Å². The van der Waals surface area contributed by atoms with Crippen molar-refractivity contribution >= 4 is 5.97 Å². The highest BCUT2D eigenvalue weighted by atomic mass is 16.5. The third-order valence-corrected chi connectivity index (χ3v) is 0.987. The van der Waals surface area contributed by atoms with Crippen LogP contribution in [-0.2, 0) is 9.53 Å². The van der Waals surface area contributed by atoms with Gasteiger partial charge in [-0.25, -0.2) is 0 Å². The molecule has 0 amide bonds. The van der Waals surface area contributed by atoms with Crippen LogP contribution in [0.5, 0.6) is 0 Å². The van der Waals surface area contributed by atoms with Crippen LogP contribution in [0, 0.1) is 0 Å². The Bertz CT molecular complexity index is 157. The van der Waals surface area contributed by atoms with E-state index in [0.29, 0.717) is 6.42 Å². The second kappa shape index (κ2) is 4.79. The summed E-state index contributed by atoms with van der Waals surface area (Å²) in [5.74, 6) is -0.221. The van der Waals surface area contributed by atoms with Crippen LogP contribution in [0.3, 0.4) is 0 Å². The summed E-state index contributed by atoms with van der Waals surface area (Å²) in [7, 11) is 0. The molecule has 10 heavy (non-hydrogen) atoms. The van der Waals surface area contributed by atoms with Crippen molar-refractivity contribution in [2.75, 3.05) is 0 Å². The highest BCUT2D eigenvalue weighted by Gasteiger charge is 1.92. The van der Waals surface area contributed by atoms with E-state index in [-0.39, 0.29) is 5.97 Å². The van der Waals surface area contributed by atoms with Gasteiger partial charge in [0.1, 0.15) is 0 Å². The summed E-state index contributed by atoms with van der Waals surface area (Å²) in [6.45, 7) is 7.07. The number of ether oxygens (including phenoxy) is 1. The molecule has 0 radical (unpaired) electrons. The van der Waals surface area contributed by atoms with Gasteiger partial charge in [-0.2, -0.15) is 0 Å². The van der Waals surface area contributed by atoms with E-state index in [2.05, 4.69) is 11.3 Å². The lowest BCUT2D eigenvalue weighted by Gasteiger charge is -1.94. The van der Waals surface area contributed by atoms with Gasteiger partial charge < -0.3 is 4.74 Å². The van der Waals surface area contributed by atoms with Gasteiger partial charge in [-0.15, -0.1) is 0 Å². The second-order valence-corrected chi connectivity index (χ2v) is 1.91. The molecular weight excluding hydrogens is 128 g/mol. The van der Waals surface area contributed by atoms with Crippen LogP contribution in [0.2, 0.25) is 0 Å². The smallest absolute Gasteiger partial charge is 0.310 e. The molecule has 56 valence electrons. The number of rotatable bonds is 3. The maximum atomic E-state index is 10.5. The minimum atomic E-state index is -0.221. The van der Waals surface area contributed by atoms with Gasteiger partial charge in [0.05, 0.1) is 6.26 Å². The third kappa shape index (κ3) is 3.89. The topological polar surface area (TPSA) is 26.3 Å². The first kappa shape index (κ1) is 8.95. The molecule has 0 aromatic carbocycles. The molecule has 0 bridgehead atoms. The first-order valence-corrected chi connectivity index (χ1v) is 3.19. The molecule has 0 spiro atoms. The largest absolute Gasteiger partial charge is 0.434 e. The van der Waals surface area contributed by atoms with Crippen LogP contribution < -0.4 is 0 Å². The Balaban J connectivity index is 3.71. The summed E-state index contributed by atoms with van der Waals surface area (Å²) >= 11 is 0. The normalized spacial score (nSPS) is 10.8. The first-order valence-electron chi connectivity index (χ1n) is 3.19. The zero-order chi connectivity index (χ0) is 7.98. The van der Waals surface area contributed by atoms with Crippen LogP contribution in [0.1, 0.15) is 20.3 Å². The molecule has 0 aliphatic heterocycles. The maximum Gasteiger partial charge on any atom is 0.310 e. The Morgan fingerprint density at radius 3 is 2.70 bits per heavy atom. The Morgan fingerprint density at radius 2 is 2.30 bits per heavy atom. The van der Waals surface area contributed by atoms with Crippen LogP contribution in [0.15, 0.2) is 24.5 Å². The van der Waals surface area contributed by atoms with E-state index in [1.165, 1.54) is 6.26 Å². The van der Waals surface area contributed by atoms with Gasteiger partial charge in [0.2, 0.25) is 0 Å². The Morgan fingerprint density at radius 1 is 1.70 bits per heavy atom. The Hall–Kier alpha value is -1.05. The fourth-order valence-corrected chi connectivity index (χ4v) is 0.290. The van der Waals surface area contributed by atoms with Crippen molar-refractivity contribution in [1.82, 2.24) is 0 Å². The standard InChI is InChI=1S/C8H12O2/c1-4-7(3)6-10-8(9)5-2/h4,6H,1,5H2,2-3H3. The van der Waals surface area contributed by atoms with Crippen molar-refractivity contribution in [2.24, 2.45) is 0 Å². The highest BCUT2D eigenvalue weighted by Crippen LogP contribution is 1.94. The SMILES string of the molecule is C=CC(C)=COC(=O)CC. The molecule has 0 aromatic heterocycles. The van der Waals surface area contributed by atoms with Gasteiger partial charge in [-0.05, 0) is 12.5 Å². The van der Waals surface area contributed by atoms with Crippen molar-refractivity contribution in [1.29, 1.82) is 0 Å². The van der Waals surface area contributed by atoms with Gasteiger partial charge >= 0.3 is 5.97 Å². The maximum absolute atomic E-state index is 10.5. The summed E-state index contributed by atoms with van der Waals surface area (Å²) in [5.41, 5.74) is 0.849. The molecule has 0 rings (SSSR count). The van der Waals surface area contributed by atoms with E-state index in [4.69, 9.17) is 0 Å². The molecule has 0 heterocycles. The van der Waals surface area contributed by atoms with Gasteiger partial charge in [-0.1, -0.05) is 19.6 Å². The monoisotopic (exact) mass is 140 g/mol. The van der Waals surface area contributed by atoms with Crippen LogP contribution in [0.4, 0.5) is 0 Å². The molecular formula is C8H12O2. The van der Waals surface area contributed by atoms with Gasteiger partial charge in [-0.3, -0.25) is 4.79 Å². The minimum absolute atomic E-state index is 0.221. The molecule has 0 saturated carbocycles. The van der Waals surface area contributed by atoms with E-state index >= 15 is 0 Å². The van der Waals surface area contributed by atoms with E-state index in [1.807, 2.05) is 6.92 Å². The molecule has 0 unspecified atom stereocenters. The van der Waals surface area contributed by atoms with Crippen LogP contribution in [-0.4, -0.2) is 5.97 Å². The van der Waals surface area contributed by atoms with Crippen LogP contribution >= 0.6 is 0 Å². The van der Waals surface area contributed by atoms with E-state index in [9.17, 15) is 4.79 Å². The quantitative estimate of drug-likeness (QED) is 0.340. The fourth-order valence-electron chi connectivity index (χ4n) is 0.290. The van der Waals surface area contributed by atoms with Crippen molar-refractivity contribution in [2.45, 2.75) is 20.3 Å². The summed E-state index contributed by atoms with van der Waals surface area (Å²) in [4.78, 5) is 10.5. The zero-order valence-electron chi connectivity index (χ0n) is 6.39. The second-order valence-electron chi connectivity index (χ2n) is 1.91. The lowest BCUT2D eigenvalue weighted by atomic mass is 10.3. The number of carbonyl (C=O) groups excluding carboxylic acids is 1. The molecule has 0 saturated heterocycles. The van der Waals surface area contributed by atoms with Crippen LogP contribution in [0.25, 0.3) is 0 Å². The van der Waals surface area contributed by atoms with Crippen molar-refractivity contribution in [3.05, 3.63) is 24.5 Å². The number of esters is 1. The number of allylic oxidation sites excluding steroid dienone is 2. The Labute approximate surface area is 61.2 Å². The lowest BCUT2D eigenvalue weighted by molar-refractivity contribution is -0.137. The summed E-state index contributed by atoms with van der Waals surface area (Å²) in [6, 6.07) is 0. The zero-order valence-corrected chi connectivity index (χ0v) is 6.39. The predicted octanol–water partition coefficient (Wildman–Crippen LogP) is 2.03. The third-order valence-electron chi connectivity index (χ3n) is 0.987. The highest BCUT2D eigenvalue weighted by molar-refractivity contribution is 5.69. The van der Waals surface area contributed by atoms with Gasteiger partial charge in [0.15, 0.2) is 0 Å². The molecule has 0 atom stereocenters. The number of carbonyl (C=O) groups is 1. The van der Waals surface area contributed by atoms with E-state index in [1.54, 1.807) is 13.0 Å². The van der Waals surface area contributed by atoms with E-state index < -0.39 is 0 Å². The average molecular weight is 140 g/mol. The predicted molar refractivity (Wildman–Crippen MR) is 40.3 cm³/mol. The summed E-state index contributed by atoms with van der Waals surface area (Å²) in [6.07, 6.45) is 3.43. The lowest BCUT2D eigenvalue weighted by Crippen LogP contribution is -1.95. The molecule has 0 N–H and O–H groups in total. The summed E-state index contributed by atoms with van der Waals surface area (Å²) in [5, 5.41) is 0. The Kier molecular flexibility index (Phi) is 4.29. The molecule has 0 aliphatic carbocycles. The number of hydrogen-bond acceptors (Lipinski definition) is 2. The average Bonchev–Trinajstić information content (AvgIpc) is 1.99. The molecule has 0 aromatic rings. The molecule has 0 fully saturated rings. The van der Waals surface area contributed by atoms with E-state index in [0.717, 1.165) is 5.57 Å². The van der Waals surface area contributed by atoms with Crippen molar-refractivity contribution in [3.8, 4) is 0 Å².